The largest absolute Gasteiger partial charge is 0.396 e. The van der Waals surface area contributed by atoms with Crippen LogP contribution in [0.1, 0.15) is 12.0 Å². The van der Waals surface area contributed by atoms with E-state index in [0.29, 0.717) is 6.42 Å². The fourth-order valence-electron chi connectivity index (χ4n) is 1.37. The molecule has 0 unspecified atom stereocenters. The summed E-state index contributed by atoms with van der Waals surface area (Å²) in [5, 5.41) is 8.69. The van der Waals surface area contributed by atoms with Crippen molar-refractivity contribution in [2.75, 3.05) is 13.2 Å². The minimum absolute atomic E-state index is 0.140. The predicted molar refractivity (Wildman–Crippen MR) is 67.2 cm³/mol. The first-order valence-electron chi connectivity index (χ1n) is 5.40. The summed E-state index contributed by atoms with van der Waals surface area (Å²) in [5.74, 6) is 0. The summed E-state index contributed by atoms with van der Waals surface area (Å²) in [4.78, 5) is 0.243. The first kappa shape index (κ1) is 13.9. The van der Waals surface area contributed by atoms with E-state index in [1.807, 2.05) is 0 Å². The summed E-state index contributed by atoms with van der Waals surface area (Å²) in [7, 11) is -3.43. The van der Waals surface area contributed by atoms with Gasteiger partial charge >= 0.3 is 0 Å². The molecule has 0 aliphatic rings. The van der Waals surface area contributed by atoms with Gasteiger partial charge in [-0.2, -0.15) is 0 Å². The van der Waals surface area contributed by atoms with Gasteiger partial charge in [0.05, 0.1) is 4.90 Å². The molecular formula is C12H17NO3S. The van der Waals surface area contributed by atoms with Crippen molar-refractivity contribution in [1.82, 2.24) is 4.72 Å². The molecule has 0 aliphatic heterocycles. The molecule has 0 fully saturated rings. The molecule has 1 aromatic carbocycles. The summed E-state index contributed by atoms with van der Waals surface area (Å²) in [6.07, 6.45) is 2.92. The van der Waals surface area contributed by atoms with Crippen LogP contribution in [0.4, 0.5) is 0 Å². The van der Waals surface area contributed by atoms with E-state index in [4.69, 9.17) is 5.11 Å². The van der Waals surface area contributed by atoms with Crippen LogP contribution in [-0.2, 0) is 16.4 Å². The van der Waals surface area contributed by atoms with Crippen LogP contribution in [0.5, 0.6) is 0 Å². The highest BCUT2D eigenvalue weighted by Gasteiger charge is 2.11. The lowest BCUT2D eigenvalue weighted by Gasteiger charge is -2.05. The van der Waals surface area contributed by atoms with Crippen molar-refractivity contribution in [3.05, 3.63) is 42.5 Å². The smallest absolute Gasteiger partial charge is 0.240 e. The van der Waals surface area contributed by atoms with Gasteiger partial charge in [0.25, 0.3) is 0 Å². The molecule has 0 amide bonds. The molecule has 1 rings (SSSR count). The van der Waals surface area contributed by atoms with Crippen molar-refractivity contribution >= 4 is 10.0 Å². The first-order valence-corrected chi connectivity index (χ1v) is 6.89. The van der Waals surface area contributed by atoms with E-state index < -0.39 is 10.0 Å². The molecule has 0 aromatic heterocycles. The Bertz CT molecular complexity index is 451. The van der Waals surface area contributed by atoms with E-state index in [-0.39, 0.29) is 18.0 Å². The van der Waals surface area contributed by atoms with Crippen molar-refractivity contribution in [2.45, 2.75) is 17.7 Å². The maximum atomic E-state index is 11.7. The number of aliphatic hydroxyl groups is 1. The van der Waals surface area contributed by atoms with Gasteiger partial charge in [-0.15, -0.1) is 6.58 Å². The predicted octanol–water partition coefficient (Wildman–Crippen LogP) is 1.08. The van der Waals surface area contributed by atoms with Crippen LogP contribution >= 0.6 is 0 Å². The number of hydrogen-bond donors (Lipinski definition) is 2. The number of hydrogen-bond acceptors (Lipinski definition) is 3. The second kappa shape index (κ2) is 6.54. The van der Waals surface area contributed by atoms with E-state index in [9.17, 15) is 8.42 Å². The summed E-state index contributed by atoms with van der Waals surface area (Å²) in [6, 6.07) is 6.66. The van der Waals surface area contributed by atoms with Gasteiger partial charge in [0.15, 0.2) is 0 Å². The molecule has 4 nitrogen and oxygen atoms in total. The van der Waals surface area contributed by atoms with E-state index in [1.54, 1.807) is 24.3 Å². The topological polar surface area (TPSA) is 66.4 Å². The minimum Gasteiger partial charge on any atom is -0.396 e. The molecule has 17 heavy (non-hydrogen) atoms. The minimum atomic E-state index is -3.43. The molecule has 0 aliphatic carbocycles. The molecule has 94 valence electrons. The molecule has 0 radical (unpaired) electrons. The summed E-state index contributed by atoms with van der Waals surface area (Å²) in [6.45, 7) is 3.81. The third kappa shape index (κ3) is 4.30. The van der Waals surface area contributed by atoms with Gasteiger partial charge in [-0.05, 0) is 30.5 Å². The van der Waals surface area contributed by atoms with Crippen LogP contribution in [0.3, 0.4) is 0 Å². The number of nitrogens with one attached hydrogen (secondary N) is 1. The van der Waals surface area contributed by atoms with Gasteiger partial charge in [0.1, 0.15) is 0 Å². The molecule has 0 heterocycles. The lowest BCUT2D eigenvalue weighted by Crippen LogP contribution is -2.23. The Balaban J connectivity index is 2.76. The second-order valence-electron chi connectivity index (χ2n) is 3.61. The van der Waals surface area contributed by atoms with Gasteiger partial charge in [-0.25, -0.2) is 13.1 Å². The number of rotatable bonds is 7. The quantitative estimate of drug-likeness (QED) is 0.716. The van der Waals surface area contributed by atoms with Crippen molar-refractivity contribution in [1.29, 1.82) is 0 Å². The lowest BCUT2D eigenvalue weighted by atomic mass is 10.1. The molecule has 2 N–H and O–H groups in total. The standard InChI is InChI=1S/C12H17NO3S/c1-2-9-13-17(15,16)12-7-5-11(6-8-12)4-3-10-14/h2,5-8,13-14H,1,3-4,9-10H2. The zero-order valence-corrected chi connectivity index (χ0v) is 10.4. The highest BCUT2D eigenvalue weighted by Crippen LogP contribution is 2.11. The Labute approximate surface area is 102 Å². The summed E-state index contributed by atoms with van der Waals surface area (Å²) < 4.78 is 25.8. The third-order valence-electron chi connectivity index (χ3n) is 2.27. The Morgan fingerprint density at radius 3 is 2.47 bits per heavy atom. The van der Waals surface area contributed by atoms with Crippen LogP contribution < -0.4 is 4.72 Å². The number of benzene rings is 1. The number of aryl methyl sites for hydroxylation is 1. The molecule has 0 saturated carbocycles. The first-order chi connectivity index (χ1) is 8.10. The average molecular weight is 255 g/mol. The van der Waals surface area contributed by atoms with Gasteiger partial charge in [-0.3, -0.25) is 0 Å². The molecule has 0 spiro atoms. The van der Waals surface area contributed by atoms with Gasteiger partial charge < -0.3 is 5.11 Å². The Hall–Kier alpha value is -1.17. The average Bonchev–Trinajstić information content (AvgIpc) is 2.34. The second-order valence-corrected chi connectivity index (χ2v) is 5.38. The number of sulfonamides is 1. The molecule has 0 atom stereocenters. The Morgan fingerprint density at radius 1 is 1.29 bits per heavy atom. The van der Waals surface area contributed by atoms with Gasteiger partial charge in [-0.1, -0.05) is 18.2 Å². The Kier molecular flexibility index (Phi) is 5.34. The lowest BCUT2D eigenvalue weighted by molar-refractivity contribution is 0.288. The van der Waals surface area contributed by atoms with E-state index in [2.05, 4.69) is 11.3 Å². The number of aliphatic hydroxyl groups excluding tert-OH is 1. The van der Waals surface area contributed by atoms with Gasteiger partial charge in [0.2, 0.25) is 10.0 Å². The normalized spacial score (nSPS) is 11.4. The van der Waals surface area contributed by atoms with E-state index in [1.165, 1.54) is 6.08 Å². The molecule has 5 heteroatoms. The van der Waals surface area contributed by atoms with Crippen molar-refractivity contribution in [3.8, 4) is 0 Å². The highest BCUT2D eigenvalue weighted by molar-refractivity contribution is 7.89. The summed E-state index contributed by atoms with van der Waals surface area (Å²) in [5.41, 5.74) is 1.02. The fraction of sp³-hybridized carbons (Fsp3) is 0.333. The van der Waals surface area contributed by atoms with Crippen LogP contribution in [0.25, 0.3) is 0 Å². The highest BCUT2D eigenvalue weighted by atomic mass is 32.2. The SMILES string of the molecule is C=CCNS(=O)(=O)c1ccc(CCCO)cc1. The Morgan fingerprint density at radius 2 is 1.94 bits per heavy atom. The van der Waals surface area contributed by atoms with E-state index in [0.717, 1.165) is 12.0 Å². The molecule has 0 bridgehead atoms. The third-order valence-corrected chi connectivity index (χ3v) is 3.71. The van der Waals surface area contributed by atoms with Crippen LogP contribution in [0.2, 0.25) is 0 Å². The van der Waals surface area contributed by atoms with Crippen molar-refractivity contribution < 1.29 is 13.5 Å². The monoisotopic (exact) mass is 255 g/mol. The van der Waals surface area contributed by atoms with Crippen LogP contribution in [0.15, 0.2) is 41.8 Å². The molecular weight excluding hydrogens is 238 g/mol. The fourth-order valence-corrected chi connectivity index (χ4v) is 2.37. The molecule has 1 aromatic rings. The van der Waals surface area contributed by atoms with Crippen LogP contribution in [0, 0.1) is 0 Å². The van der Waals surface area contributed by atoms with Crippen molar-refractivity contribution in [2.24, 2.45) is 0 Å². The van der Waals surface area contributed by atoms with Crippen LogP contribution in [-0.4, -0.2) is 26.7 Å². The van der Waals surface area contributed by atoms with Crippen molar-refractivity contribution in [3.63, 3.8) is 0 Å². The maximum Gasteiger partial charge on any atom is 0.240 e. The summed E-state index contributed by atoms with van der Waals surface area (Å²) >= 11 is 0. The van der Waals surface area contributed by atoms with E-state index >= 15 is 0 Å². The van der Waals surface area contributed by atoms with Gasteiger partial charge in [0, 0.05) is 13.2 Å². The molecule has 0 saturated heterocycles. The maximum absolute atomic E-state index is 11.7. The zero-order valence-electron chi connectivity index (χ0n) is 9.59. The zero-order chi connectivity index (χ0) is 12.7.